The quantitative estimate of drug-likeness (QED) is 0.813. The van der Waals surface area contributed by atoms with E-state index >= 15 is 0 Å². The maximum atomic E-state index is 12.8. The molecule has 0 unspecified atom stereocenters. The van der Waals surface area contributed by atoms with Crippen molar-refractivity contribution < 1.29 is 9.32 Å². The molecule has 0 amide bonds. The number of hydrogen-bond acceptors (Lipinski definition) is 5. The molecular formula is C18H25N3O3. The lowest BCUT2D eigenvalue weighted by atomic mass is 9.92. The van der Waals surface area contributed by atoms with Gasteiger partial charge in [0, 0.05) is 17.2 Å². The summed E-state index contributed by atoms with van der Waals surface area (Å²) in [7, 11) is 0. The average molecular weight is 331 g/mol. The zero-order valence-corrected chi connectivity index (χ0v) is 15.0. The maximum absolute atomic E-state index is 12.8. The van der Waals surface area contributed by atoms with Crippen LogP contribution in [0.1, 0.15) is 64.0 Å². The van der Waals surface area contributed by atoms with Crippen LogP contribution in [0.2, 0.25) is 0 Å². The number of nitrogens with zero attached hydrogens (tertiary/aromatic N) is 3. The molecule has 2 aromatic heterocycles. The van der Waals surface area contributed by atoms with E-state index in [-0.39, 0.29) is 16.8 Å². The lowest BCUT2D eigenvalue weighted by Crippen LogP contribution is -2.34. The summed E-state index contributed by atoms with van der Waals surface area (Å²) in [6.07, 6.45) is 6.62. The van der Waals surface area contributed by atoms with Crippen LogP contribution in [0.5, 0.6) is 0 Å². The van der Waals surface area contributed by atoms with Crippen LogP contribution in [0.15, 0.2) is 28.0 Å². The van der Waals surface area contributed by atoms with Crippen LogP contribution in [-0.2, 0) is 23.1 Å². The molecule has 0 bridgehead atoms. The fourth-order valence-electron chi connectivity index (χ4n) is 2.61. The van der Waals surface area contributed by atoms with Gasteiger partial charge in [0.15, 0.2) is 5.78 Å². The van der Waals surface area contributed by atoms with Crippen LogP contribution in [-0.4, -0.2) is 20.5 Å². The topological polar surface area (TPSA) is 78.0 Å². The zero-order valence-electron chi connectivity index (χ0n) is 15.0. The van der Waals surface area contributed by atoms with Gasteiger partial charge in [-0.05, 0) is 26.2 Å². The number of hydrogen-bond donors (Lipinski definition) is 0. The summed E-state index contributed by atoms with van der Waals surface area (Å²) < 4.78 is 6.38. The number of Topliss-reactive ketones (excluding diaryl/α,β-unsaturated/α-hetero) is 1. The molecule has 0 aromatic carbocycles. The SMILES string of the molecule is CC[C@@H](C(C)=O)n1cc(C(C)(C)C)nc(CCc2cnoc2)c1=O. The summed E-state index contributed by atoms with van der Waals surface area (Å²) in [4.78, 5) is 29.3. The van der Waals surface area contributed by atoms with E-state index in [9.17, 15) is 9.59 Å². The van der Waals surface area contributed by atoms with Crippen molar-refractivity contribution in [3.8, 4) is 0 Å². The lowest BCUT2D eigenvalue weighted by molar-refractivity contribution is -0.120. The van der Waals surface area contributed by atoms with Gasteiger partial charge in [-0.1, -0.05) is 32.9 Å². The molecular weight excluding hydrogens is 306 g/mol. The Labute approximate surface area is 141 Å². The molecule has 0 aliphatic heterocycles. The van der Waals surface area contributed by atoms with E-state index in [2.05, 4.69) is 10.1 Å². The second-order valence-electron chi connectivity index (χ2n) is 7.10. The van der Waals surface area contributed by atoms with Crippen molar-refractivity contribution in [2.75, 3.05) is 0 Å². The van der Waals surface area contributed by atoms with Gasteiger partial charge in [0.25, 0.3) is 5.56 Å². The van der Waals surface area contributed by atoms with E-state index in [1.54, 1.807) is 23.2 Å². The smallest absolute Gasteiger partial charge is 0.272 e. The standard InChI is InChI=1S/C18H25N3O3/c1-6-15(12(2)22)21-10-16(18(3,4)5)20-14(17(21)23)8-7-13-9-19-24-11-13/h9-11,15H,6-8H2,1-5H3/t15-/m0/s1. The second-order valence-corrected chi connectivity index (χ2v) is 7.10. The van der Waals surface area contributed by atoms with Gasteiger partial charge in [0.1, 0.15) is 12.0 Å². The molecule has 0 aliphatic carbocycles. The summed E-state index contributed by atoms with van der Waals surface area (Å²) in [5, 5.41) is 3.67. The summed E-state index contributed by atoms with van der Waals surface area (Å²) in [5.41, 5.74) is 1.80. The lowest BCUT2D eigenvalue weighted by Gasteiger charge is -2.23. The predicted octanol–water partition coefficient (Wildman–Crippen LogP) is 2.85. The molecule has 0 fully saturated rings. The molecule has 6 heteroatoms. The van der Waals surface area contributed by atoms with Crippen molar-refractivity contribution in [1.29, 1.82) is 0 Å². The molecule has 6 nitrogen and oxygen atoms in total. The molecule has 0 aliphatic rings. The van der Waals surface area contributed by atoms with Crippen molar-refractivity contribution in [2.24, 2.45) is 0 Å². The first kappa shape index (κ1) is 18.1. The van der Waals surface area contributed by atoms with Gasteiger partial charge in [-0.3, -0.25) is 14.6 Å². The predicted molar refractivity (Wildman–Crippen MR) is 91.1 cm³/mol. The molecule has 2 heterocycles. The molecule has 0 saturated heterocycles. The first-order valence-corrected chi connectivity index (χ1v) is 8.25. The minimum atomic E-state index is -0.448. The normalized spacial score (nSPS) is 13.0. The van der Waals surface area contributed by atoms with Gasteiger partial charge in [-0.15, -0.1) is 0 Å². The van der Waals surface area contributed by atoms with Crippen molar-refractivity contribution in [2.45, 2.75) is 65.3 Å². The van der Waals surface area contributed by atoms with Crippen LogP contribution >= 0.6 is 0 Å². The van der Waals surface area contributed by atoms with Crippen LogP contribution in [0, 0.1) is 0 Å². The number of rotatable bonds is 6. The molecule has 2 rings (SSSR count). The van der Waals surface area contributed by atoms with E-state index in [1.807, 2.05) is 27.7 Å². The van der Waals surface area contributed by atoms with Crippen LogP contribution in [0.3, 0.4) is 0 Å². The van der Waals surface area contributed by atoms with Gasteiger partial charge in [0.2, 0.25) is 0 Å². The van der Waals surface area contributed by atoms with Crippen LogP contribution in [0.25, 0.3) is 0 Å². The third kappa shape index (κ3) is 3.99. The Morgan fingerprint density at radius 3 is 2.54 bits per heavy atom. The molecule has 2 aromatic rings. The fraction of sp³-hybridized carbons (Fsp3) is 0.556. The first-order chi connectivity index (χ1) is 11.2. The van der Waals surface area contributed by atoms with Gasteiger partial charge >= 0.3 is 0 Å². The van der Waals surface area contributed by atoms with Gasteiger partial charge in [-0.2, -0.15) is 0 Å². The van der Waals surface area contributed by atoms with Crippen LogP contribution in [0.4, 0.5) is 0 Å². The maximum Gasteiger partial charge on any atom is 0.272 e. The third-order valence-corrected chi connectivity index (χ3v) is 4.09. The Morgan fingerprint density at radius 2 is 2.04 bits per heavy atom. The monoisotopic (exact) mass is 331 g/mol. The second kappa shape index (κ2) is 7.11. The number of aryl methyl sites for hydroxylation is 2. The number of carbonyl (C=O) groups excluding carboxylic acids is 1. The zero-order chi connectivity index (χ0) is 17.9. The number of aromatic nitrogens is 3. The van der Waals surface area contributed by atoms with Gasteiger partial charge in [0.05, 0.1) is 17.9 Å². The highest BCUT2D eigenvalue weighted by Crippen LogP contribution is 2.21. The summed E-state index contributed by atoms with van der Waals surface area (Å²) >= 11 is 0. The van der Waals surface area contributed by atoms with Crippen molar-refractivity contribution >= 4 is 5.78 Å². The fourth-order valence-corrected chi connectivity index (χ4v) is 2.61. The number of carbonyl (C=O) groups is 1. The highest BCUT2D eigenvalue weighted by Gasteiger charge is 2.23. The van der Waals surface area contributed by atoms with Gasteiger partial charge < -0.3 is 9.09 Å². The number of ketones is 1. The molecule has 0 spiro atoms. The minimum absolute atomic E-state index is 0.0179. The van der Waals surface area contributed by atoms with Crippen molar-refractivity contribution in [3.63, 3.8) is 0 Å². The largest absolute Gasteiger partial charge is 0.364 e. The molecule has 0 saturated carbocycles. The minimum Gasteiger partial charge on any atom is -0.364 e. The van der Waals surface area contributed by atoms with Crippen molar-refractivity contribution in [3.05, 3.63) is 46.0 Å². The van der Waals surface area contributed by atoms with E-state index in [0.717, 1.165) is 11.3 Å². The molecule has 0 N–H and O–H groups in total. The Balaban J connectivity index is 2.48. The van der Waals surface area contributed by atoms with E-state index in [0.29, 0.717) is 25.0 Å². The van der Waals surface area contributed by atoms with E-state index < -0.39 is 6.04 Å². The highest BCUT2D eigenvalue weighted by atomic mass is 16.5. The van der Waals surface area contributed by atoms with Gasteiger partial charge in [-0.25, -0.2) is 0 Å². The molecule has 130 valence electrons. The Morgan fingerprint density at radius 1 is 1.33 bits per heavy atom. The first-order valence-electron chi connectivity index (χ1n) is 8.25. The summed E-state index contributed by atoms with van der Waals surface area (Å²) in [5.74, 6) is -0.0179. The van der Waals surface area contributed by atoms with E-state index in [1.165, 1.54) is 6.92 Å². The summed E-state index contributed by atoms with van der Waals surface area (Å²) in [6.45, 7) is 9.56. The highest BCUT2D eigenvalue weighted by molar-refractivity contribution is 5.79. The third-order valence-electron chi connectivity index (χ3n) is 4.09. The molecule has 24 heavy (non-hydrogen) atoms. The summed E-state index contributed by atoms with van der Waals surface area (Å²) in [6, 6.07) is -0.448. The van der Waals surface area contributed by atoms with Crippen molar-refractivity contribution in [1.82, 2.24) is 14.7 Å². The average Bonchev–Trinajstić information content (AvgIpc) is 3.00. The van der Waals surface area contributed by atoms with E-state index in [4.69, 9.17) is 4.52 Å². The molecule has 0 radical (unpaired) electrons. The Bertz CT molecular complexity index is 755. The Hall–Kier alpha value is -2.24. The van der Waals surface area contributed by atoms with Crippen LogP contribution < -0.4 is 5.56 Å². The Kier molecular flexibility index (Phi) is 5.36. The molecule has 1 atom stereocenters.